The van der Waals surface area contributed by atoms with Crippen LogP contribution in [0, 0.1) is 13.8 Å². The Morgan fingerprint density at radius 2 is 1.94 bits per heavy atom. The van der Waals surface area contributed by atoms with E-state index in [0.717, 1.165) is 22.0 Å². The van der Waals surface area contributed by atoms with Crippen LogP contribution in [0.5, 0.6) is 0 Å². The highest BCUT2D eigenvalue weighted by Gasteiger charge is 2.10. The standard InChI is InChI=1S/C15H17NO2/c1-9-5-6-12-8-13(7-10(2)17)15(18)16(4)14(12)11(9)3/h5-6,8H,7H2,1-4H3. The number of ketones is 1. The van der Waals surface area contributed by atoms with Gasteiger partial charge in [-0.1, -0.05) is 12.1 Å². The Kier molecular flexibility index (Phi) is 3.07. The first kappa shape index (κ1) is 12.6. The predicted octanol–water partition coefficient (Wildman–Crippen LogP) is 2.29. The predicted molar refractivity (Wildman–Crippen MR) is 73.0 cm³/mol. The lowest BCUT2D eigenvalue weighted by Crippen LogP contribution is -2.23. The van der Waals surface area contributed by atoms with E-state index in [1.54, 1.807) is 11.6 Å². The summed E-state index contributed by atoms with van der Waals surface area (Å²) in [6.07, 6.45) is 0.204. The Bertz CT molecular complexity index is 696. The molecule has 0 amide bonds. The van der Waals surface area contributed by atoms with E-state index in [9.17, 15) is 9.59 Å². The summed E-state index contributed by atoms with van der Waals surface area (Å²) < 4.78 is 1.65. The molecule has 94 valence electrons. The zero-order valence-corrected chi connectivity index (χ0v) is 11.2. The number of hydrogen-bond acceptors (Lipinski definition) is 2. The first-order valence-electron chi connectivity index (χ1n) is 6.00. The highest BCUT2D eigenvalue weighted by molar-refractivity contribution is 5.85. The molecular weight excluding hydrogens is 226 g/mol. The average molecular weight is 243 g/mol. The van der Waals surface area contributed by atoms with Gasteiger partial charge in [-0.2, -0.15) is 0 Å². The number of carbonyl (C=O) groups is 1. The van der Waals surface area contributed by atoms with Gasteiger partial charge in [-0.15, -0.1) is 0 Å². The molecule has 2 rings (SSSR count). The lowest BCUT2D eigenvalue weighted by molar-refractivity contribution is -0.116. The fraction of sp³-hybridized carbons (Fsp3) is 0.333. The number of Topliss-reactive ketones (excluding diaryl/α,β-unsaturated/α-hetero) is 1. The third-order valence-corrected chi connectivity index (χ3v) is 3.42. The number of benzene rings is 1. The van der Waals surface area contributed by atoms with E-state index in [1.807, 2.05) is 32.0 Å². The van der Waals surface area contributed by atoms with Crippen LogP contribution in [0.4, 0.5) is 0 Å². The molecule has 3 heteroatoms. The number of carbonyl (C=O) groups excluding carboxylic acids is 1. The van der Waals surface area contributed by atoms with Crippen molar-refractivity contribution in [2.24, 2.45) is 7.05 Å². The van der Waals surface area contributed by atoms with Crippen molar-refractivity contribution >= 4 is 16.7 Å². The van der Waals surface area contributed by atoms with E-state index in [2.05, 4.69) is 0 Å². The van der Waals surface area contributed by atoms with E-state index in [0.29, 0.717) is 5.56 Å². The topological polar surface area (TPSA) is 39.1 Å². The highest BCUT2D eigenvalue weighted by Crippen LogP contribution is 2.20. The molecule has 0 fully saturated rings. The molecule has 0 spiro atoms. The van der Waals surface area contributed by atoms with Gasteiger partial charge >= 0.3 is 0 Å². The number of aromatic nitrogens is 1. The Hall–Kier alpha value is -1.90. The van der Waals surface area contributed by atoms with Crippen molar-refractivity contribution in [1.82, 2.24) is 4.57 Å². The molecule has 1 aromatic carbocycles. The molecule has 0 saturated carbocycles. The summed E-state index contributed by atoms with van der Waals surface area (Å²) in [5.74, 6) is 0.00952. The molecule has 0 N–H and O–H groups in total. The smallest absolute Gasteiger partial charge is 0.254 e. The summed E-state index contributed by atoms with van der Waals surface area (Å²) in [6, 6.07) is 5.88. The van der Waals surface area contributed by atoms with Gasteiger partial charge in [0.25, 0.3) is 5.56 Å². The second kappa shape index (κ2) is 4.41. The van der Waals surface area contributed by atoms with Gasteiger partial charge in [-0.25, -0.2) is 0 Å². The number of pyridine rings is 1. The molecular formula is C15H17NO2. The lowest BCUT2D eigenvalue weighted by atomic mass is 10.0. The maximum atomic E-state index is 12.2. The molecule has 0 atom stereocenters. The van der Waals surface area contributed by atoms with Gasteiger partial charge < -0.3 is 4.57 Å². The Morgan fingerprint density at radius 3 is 2.56 bits per heavy atom. The molecule has 0 unspecified atom stereocenters. The second-order valence-electron chi connectivity index (χ2n) is 4.86. The van der Waals surface area contributed by atoms with Crippen LogP contribution in [0.1, 0.15) is 23.6 Å². The third-order valence-electron chi connectivity index (χ3n) is 3.42. The van der Waals surface area contributed by atoms with Crippen molar-refractivity contribution in [2.75, 3.05) is 0 Å². The van der Waals surface area contributed by atoms with Gasteiger partial charge in [0.1, 0.15) is 5.78 Å². The molecule has 3 nitrogen and oxygen atoms in total. The minimum atomic E-state index is -0.0774. The van der Waals surface area contributed by atoms with Crippen LogP contribution in [0.3, 0.4) is 0 Å². The first-order valence-corrected chi connectivity index (χ1v) is 6.00. The van der Waals surface area contributed by atoms with E-state index in [4.69, 9.17) is 0 Å². The lowest BCUT2D eigenvalue weighted by Gasteiger charge is -2.12. The van der Waals surface area contributed by atoms with E-state index < -0.39 is 0 Å². The minimum absolute atomic E-state index is 0.00952. The van der Waals surface area contributed by atoms with E-state index in [-0.39, 0.29) is 17.8 Å². The zero-order valence-electron chi connectivity index (χ0n) is 11.2. The van der Waals surface area contributed by atoms with Crippen molar-refractivity contribution in [3.63, 3.8) is 0 Å². The number of fused-ring (bicyclic) bond motifs is 1. The summed E-state index contributed by atoms with van der Waals surface area (Å²) in [5.41, 5.74) is 3.72. The van der Waals surface area contributed by atoms with Gasteiger partial charge in [-0.3, -0.25) is 9.59 Å². The van der Waals surface area contributed by atoms with Crippen LogP contribution >= 0.6 is 0 Å². The summed E-state index contributed by atoms with van der Waals surface area (Å²) in [4.78, 5) is 23.4. The maximum Gasteiger partial charge on any atom is 0.254 e. The molecule has 18 heavy (non-hydrogen) atoms. The summed E-state index contributed by atoms with van der Waals surface area (Å²) in [5, 5.41) is 1.01. The second-order valence-corrected chi connectivity index (χ2v) is 4.86. The van der Waals surface area contributed by atoms with Crippen molar-refractivity contribution < 1.29 is 4.79 Å². The molecule has 0 bridgehead atoms. The maximum absolute atomic E-state index is 12.2. The Labute approximate surface area is 106 Å². The van der Waals surface area contributed by atoms with Gasteiger partial charge in [0.2, 0.25) is 0 Å². The minimum Gasteiger partial charge on any atom is -0.311 e. The zero-order chi connectivity index (χ0) is 13.4. The van der Waals surface area contributed by atoms with Crippen LogP contribution < -0.4 is 5.56 Å². The molecule has 0 saturated heterocycles. The van der Waals surface area contributed by atoms with Gasteiger partial charge in [0.15, 0.2) is 0 Å². The van der Waals surface area contributed by atoms with Crippen LogP contribution in [-0.4, -0.2) is 10.4 Å². The molecule has 2 aromatic rings. The molecule has 0 aliphatic rings. The van der Waals surface area contributed by atoms with Crippen LogP contribution in [0.25, 0.3) is 10.9 Å². The van der Waals surface area contributed by atoms with Crippen LogP contribution in [0.15, 0.2) is 23.0 Å². The Morgan fingerprint density at radius 1 is 1.28 bits per heavy atom. The monoisotopic (exact) mass is 243 g/mol. The summed E-state index contributed by atoms with van der Waals surface area (Å²) >= 11 is 0. The molecule has 0 radical (unpaired) electrons. The number of rotatable bonds is 2. The van der Waals surface area contributed by atoms with Gasteiger partial charge in [-0.05, 0) is 43.4 Å². The molecule has 0 aliphatic heterocycles. The number of nitrogens with zero attached hydrogens (tertiary/aromatic N) is 1. The molecule has 1 aromatic heterocycles. The molecule has 1 heterocycles. The van der Waals surface area contributed by atoms with Crippen LogP contribution in [-0.2, 0) is 18.3 Å². The van der Waals surface area contributed by atoms with Gasteiger partial charge in [0, 0.05) is 19.0 Å². The summed E-state index contributed by atoms with van der Waals surface area (Å²) in [6.45, 7) is 5.55. The average Bonchev–Trinajstić information content (AvgIpc) is 2.29. The van der Waals surface area contributed by atoms with Gasteiger partial charge in [0.05, 0.1) is 5.52 Å². The fourth-order valence-electron chi connectivity index (χ4n) is 2.34. The number of aryl methyl sites for hydroxylation is 3. The van der Waals surface area contributed by atoms with Crippen molar-refractivity contribution in [3.8, 4) is 0 Å². The van der Waals surface area contributed by atoms with E-state index >= 15 is 0 Å². The van der Waals surface area contributed by atoms with Crippen LogP contribution in [0.2, 0.25) is 0 Å². The third kappa shape index (κ3) is 1.96. The van der Waals surface area contributed by atoms with Crippen molar-refractivity contribution in [3.05, 3.63) is 45.2 Å². The first-order chi connectivity index (χ1) is 8.41. The van der Waals surface area contributed by atoms with Crippen molar-refractivity contribution in [2.45, 2.75) is 27.2 Å². The normalized spacial score (nSPS) is 10.9. The fourth-order valence-corrected chi connectivity index (χ4v) is 2.34. The highest BCUT2D eigenvalue weighted by atomic mass is 16.1. The SMILES string of the molecule is CC(=O)Cc1cc2ccc(C)c(C)c2n(C)c1=O. The quantitative estimate of drug-likeness (QED) is 0.811. The number of hydrogen-bond donors (Lipinski definition) is 0. The molecule has 0 aliphatic carbocycles. The van der Waals surface area contributed by atoms with E-state index in [1.165, 1.54) is 6.92 Å². The largest absolute Gasteiger partial charge is 0.311 e. The summed E-state index contributed by atoms with van der Waals surface area (Å²) in [7, 11) is 1.76. The Balaban J connectivity index is 2.83. The van der Waals surface area contributed by atoms with Crippen molar-refractivity contribution in [1.29, 1.82) is 0 Å².